The van der Waals surface area contributed by atoms with Crippen LogP contribution in [0.2, 0.25) is 0 Å². The summed E-state index contributed by atoms with van der Waals surface area (Å²) in [6.07, 6.45) is 1.59. The lowest BCUT2D eigenvalue weighted by Crippen LogP contribution is -2.21. The summed E-state index contributed by atoms with van der Waals surface area (Å²) in [4.78, 5) is 10.2. The van der Waals surface area contributed by atoms with Crippen LogP contribution >= 0.6 is 11.8 Å². The Morgan fingerprint density at radius 1 is 1.41 bits per heavy atom. The molecule has 1 aliphatic rings. The van der Waals surface area contributed by atoms with Gasteiger partial charge in [0, 0.05) is 19.3 Å². The van der Waals surface area contributed by atoms with Crippen LogP contribution in [-0.2, 0) is 4.74 Å². The first-order chi connectivity index (χ1) is 10.6. The predicted molar refractivity (Wildman–Crippen MR) is 74.1 cm³/mol. The molecule has 8 nitrogen and oxygen atoms in total. The fourth-order valence-electron chi connectivity index (χ4n) is 2.20. The fourth-order valence-corrected chi connectivity index (χ4v) is 3.04. The van der Waals surface area contributed by atoms with Gasteiger partial charge in [0.25, 0.3) is 5.69 Å². The smallest absolute Gasteiger partial charge is 0.272 e. The lowest BCUT2D eigenvalue weighted by Gasteiger charge is -2.22. The van der Waals surface area contributed by atoms with E-state index in [4.69, 9.17) is 4.74 Å². The van der Waals surface area contributed by atoms with Gasteiger partial charge in [-0.15, -0.1) is 5.10 Å². The molecule has 0 amide bonds. The zero-order valence-electron chi connectivity index (χ0n) is 11.4. The molecule has 1 fully saturated rings. The SMILES string of the molecule is O=[N+]([O-])c1ccc(Sc2nnnn2C2CCOCC2)c(F)c1. The number of non-ortho nitro benzene ring substituents is 1. The van der Waals surface area contributed by atoms with Crippen molar-refractivity contribution >= 4 is 17.4 Å². The Morgan fingerprint density at radius 2 is 2.18 bits per heavy atom. The molecular formula is C12H12FN5O3S. The van der Waals surface area contributed by atoms with Crippen molar-refractivity contribution in [1.29, 1.82) is 0 Å². The Hall–Kier alpha value is -2.07. The molecule has 0 N–H and O–H groups in total. The van der Waals surface area contributed by atoms with Gasteiger partial charge in [0.15, 0.2) is 0 Å². The molecule has 1 aliphatic heterocycles. The number of tetrazole rings is 1. The number of rotatable bonds is 4. The highest BCUT2D eigenvalue weighted by atomic mass is 32.2. The van der Waals surface area contributed by atoms with E-state index in [1.54, 1.807) is 4.68 Å². The van der Waals surface area contributed by atoms with Crippen molar-refractivity contribution in [1.82, 2.24) is 20.2 Å². The van der Waals surface area contributed by atoms with Crippen LogP contribution in [0.4, 0.5) is 10.1 Å². The number of nitrogens with zero attached hydrogens (tertiary/aromatic N) is 5. The molecule has 22 heavy (non-hydrogen) atoms. The van der Waals surface area contributed by atoms with Crippen LogP contribution in [0.15, 0.2) is 28.3 Å². The summed E-state index contributed by atoms with van der Waals surface area (Å²) < 4.78 is 20.9. The number of aromatic nitrogens is 4. The van der Waals surface area contributed by atoms with E-state index in [0.717, 1.165) is 30.7 Å². The minimum Gasteiger partial charge on any atom is -0.381 e. The molecular weight excluding hydrogens is 313 g/mol. The van der Waals surface area contributed by atoms with E-state index in [9.17, 15) is 14.5 Å². The van der Waals surface area contributed by atoms with Crippen LogP contribution in [-0.4, -0.2) is 38.3 Å². The zero-order chi connectivity index (χ0) is 15.5. The maximum Gasteiger partial charge on any atom is 0.272 e. The molecule has 10 heteroatoms. The first kappa shape index (κ1) is 14.9. The molecule has 1 aromatic heterocycles. The highest BCUT2D eigenvalue weighted by Gasteiger charge is 2.22. The number of halogens is 1. The van der Waals surface area contributed by atoms with Gasteiger partial charge >= 0.3 is 0 Å². The Labute approximate surface area is 128 Å². The van der Waals surface area contributed by atoms with Gasteiger partial charge in [-0.05, 0) is 41.1 Å². The highest BCUT2D eigenvalue weighted by Crippen LogP contribution is 2.32. The Balaban J connectivity index is 1.82. The third kappa shape index (κ3) is 3.07. The number of nitro benzene ring substituents is 1. The minimum atomic E-state index is -0.666. The third-order valence-electron chi connectivity index (χ3n) is 3.33. The third-order valence-corrected chi connectivity index (χ3v) is 4.33. The zero-order valence-corrected chi connectivity index (χ0v) is 12.2. The van der Waals surface area contributed by atoms with Crippen molar-refractivity contribution in [2.45, 2.75) is 28.9 Å². The molecule has 0 radical (unpaired) electrons. The van der Waals surface area contributed by atoms with Gasteiger partial charge < -0.3 is 4.74 Å². The number of ether oxygens (including phenoxy) is 1. The molecule has 0 atom stereocenters. The van der Waals surface area contributed by atoms with E-state index in [-0.39, 0.29) is 16.6 Å². The summed E-state index contributed by atoms with van der Waals surface area (Å²) in [5.74, 6) is -0.666. The summed E-state index contributed by atoms with van der Waals surface area (Å²) in [6.45, 7) is 1.28. The molecule has 2 heterocycles. The second-order valence-electron chi connectivity index (χ2n) is 4.72. The average Bonchev–Trinajstić information content (AvgIpc) is 2.98. The molecule has 0 spiro atoms. The second kappa shape index (κ2) is 6.36. The Morgan fingerprint density at radius 3 is 2.86 bits per heavy atom. The van der Waals surface area contributed by atoms with Crippen molar-refractivity contribution in [2.24, 2.45) is 0 Å². The van der Waals surface area contributed by atoms with Gasteiger partial charge in [-0.1, -0.05) is 0 Å². The van der Waals surface area contributed by atoms with Crippen LogP contribution in [0, 0.1) is 15.9 Å². The van der Waals surface area contributed by atoms with Crippen LogP contribution in [0.3, 0.4) is 0 Å². The first-order valence-electron chi connectivity index (χ1n) is 6.62. The maximum absolute atomic E-state index is 14.0. The Kier molecular flexibility index (Phi) is 4.29. The number of hydrogen-bond donors (Lipinski definition) is 0. The van der Waals surface area contributed by atoms with Crippen molar-refractivity contribution in [2.75, 3.05) is 13.2 Å². The van der Waals surface area contributed by atoms with Gasteiger partial charge in [0.05, 0.1) is 21.9 Å². The van der Waals surface area contributed by atoms with E-state index in [2.05, 4.69) is 15.5 Å². The van der Waals surface area contributed by atoms with E-state index < -0.39 is 10.7 Å². The summed E-state index contributed by atoms with van der Waals surface area (Å²) in [5.41, 5.74) is -0.286. The molecule has 116 valence electrons. The minimum absolute atomic E-state index is 0.118. The number of benzene rings is 1. The lowest BCUT2D eigenvalue weighted by atomic mass is 10.1. The fraction of sp³-hybridized carbons (Fsp3) is 0.417. The van der Waals surface area contributed by atoms with E-state index in [1.165, 1.54) is 12.1 Å². The van der Waals surface area contributed by atoms with Gasteiger partial charge in [0.2, 0.25) is 5.16 Å². The van der Waals surface area contributed by atoms with Gasteiger partial charge in [-0.25, -0.2) is 9.07 Å². The normalized spacial score (nSPS) is 15.9. The van der Waals surface area contributed by atoms with Gasteiger partial charge in [-0.3, -0.25) is 10.1 Å². The predicted octanol–water partition coefficient (Wildman–Crippen LogP) is 2.22. The van der Waals surface area contributed by atoms with E-state index in [0.29, 0.717) is 18.4 Å². The maximum atomic E-state index is 14.0. The van der Waals surface area contributed by atoms with Gasteiger partial charge in [0.1, 0.15) is 5.82 Å². The van der Waals surface area contributed by atoms with Crippen molar-refractivity contribution < 1.29 is 14.1 Å². The molecule has 0 aliphatic carbocycles. The summed E-state index contributed by atoms with van der Waals surface area (Å²) in [6, 6.07) is 3.63. The molecule has 0 unspecified atom stereocenters. The quantitative estimate of drug-likeness (QED) is 0.628. The summed E-state index contributed by atoms with van der Waals surface area (Å²) in [5, 5.41) is 22.6. The first-order valence-corrected chi connectivity index (χ1v) is 7.44. The molecule has 2 aromatic rings. The second-order valence-corrected chi connectivity index (χ2v) is 5.73. The standard InChI is InChI=1S/C12H12FN5O3S/c13-10-7-9(18(19)20)1-2-11(10)22-12-14-15-16-17(12)8-3-5-21-6-4-8/h1-2,7-8H,3-6H2. The monoisotopic (exact) mass is 325 g/mol. The van der Waals surface area contributed by atoms with Crippen molar-refractivity contribution in [3.05, 3.63) is 34.1 Å². The van der Waals surface area contributed by atoms with Crippen molar-refractivity contribution in [3.8, 4) is 0 Å². The Bertz CT molecular complexity index is 689. The highest BCUT2D eigenvalue weighted by molar-refractivity contribution is 7.99. The van der Waals surface area contributed by atoms with Crippen LogP contribution in [0.25, 0.3) is 0 Å². The molecule has 0 saturated carbocycles. The van der Waals surface area contributed by atoms with E-state index in [1.807, 2.05) is 0 Å². The van der Waals surface area contributed by atoms with Crippen LogP contribution < -0.4 is 0 Å². The van der Waals surface area contributed by atoms with E-state index >= 15 is 0 Å². The number of nitro groups is 1. The molecule has 0 bridgehead atoms. The molecule has 1 saturated heterocycles. The van der Waals surface area contributed by atoms with Gasteiger partial charge in [-0.2, -0.15) is 0 Å². The molecule has 3 rings (SSSR count). The van der Waals surface area contributed by atoms with Crippen LogP contribution in [0.5, 0.6) is 0 Å². The topological polar surface area (TPSA) is 96.0 Å². The average molecular weight is 325 g/mol. The summed E-state index contributed by atoms with van der Waals surface area (Å²) >= 11 is 1.05. The molecule has 1 aromatic carbocycles. The summed E-state index contributed by atoms with van der Waals surface area (Å²) in [7, 11) is 0. The van der Waals surface area contributed by atoms with Crippen LogP contribution in [0.1, 0.15) is 18.9 Å². The largest absolute Gasteiger partial charge is 0.381 e. The lowest BCUT2D eigenvalue weighted by molar-refractivity contribution is -0.385. The van der Waals surface area contributed by atoms with Crippen molar-refractivity contribution in [3.63, 3.8) is 0 Å². The number of hydrogen-bond acceptors (Lipinski definition) is 7.